The highest BCUT2D eigenvalue weighted by Gasteiger charge is 2.28. The first kappa shape index (κ1) is 17.8. The Labute approximate surface area is 137 Å². The molecule has 3 heteroatoms. The summed E-state index contributed by atoms with van der Waals surface area (Å²) in [5.41, 5.74) is 0. The van der Waals surface area contributed by atoms with Gasteiger partial charge in [-0.25, -0.2) is 0 Å². The van der Waals surface area contributed by atoms with Gasteiger partial charge in [-0.05, 0) is 62.9 Å². The number of amides is 1. The van der Waals surface area contributed by atoms with E-state index in [4.69, 9.17) is 0 Å². The van der Waals surface area contributed by atoms with Gasteiger partial charge in [0.15, 0.2) is 0 Å². The number of rotatable bonds is 5. The molecule has 1 amide bonds. The van der Waals surface area contributed by atoms with E-state index in [-0.39, 0.29) is 5.92 Å². The number of carbonyl (C=O) groups is 1. The topological polar surface area (TPSA) is 23.6 Å². The van der Waals surface area contributed by atoms with Gasteiger partial charge >= 0.3 is 0 Å². The van der Waals surface area contributed by atoms with Crippen LogP contribution in [0.4, 0.5) is 0 Å². The fourth-order valence-electron chi connectivity index (χ4n) is 3.99. The molecule has 128 valence electrons. The van der Waals surface area contributed by atoms with E-state index in [2.05, 4.69) is 37.5 Å². The highest BCUT2D eigenvalue weighted by Crippen LogP contribution is 2.27. The highest BCUT2D eigenvalue weighted by atomic mass is 16.2. The molecular formula is C19H36N2O. The molecule has 2 rings (SSSR count). The number of nitrogens with zero attached hydrogens (tertiary/aromatic N) is 2. The van der Waals surface area contributed by atoms with Gasteiger partial charge in [-0.2, -0.15) is 0 Å². The Kier molecular flexibility index (Phi) is 6.73. The van der Waals surface area contributed by atoms with E-state index in [1.54, 1.807) is 0 Å². The van der Waals surface area contributed by atoms with Gasteiger partial charge in [0.2, 0.25) is 5.91 Å². The van der Waals surface area contributed by atoms with Crippen LogP contribution in [0.15, 0.2) is 0 Å². The summed E-state index contributed by atoms with van der Waals surface area (Å²) in [5.74, 6) is 3.16. The molecule has 2 heterocycles. The van der Waals surface area contributed by atoms with Crippen molar-refractivity contribution in [2.24, 2.45) is 23.7 Å². The number of hydrogen-bond donors (Lipinski definition) is 0. The van der Waals surface area contributed by atoms with Gasteiger partial charge < -0.3 is 9.80 Å². The Morgan fingerprint density at radius 3 is 2.09 bits per heavy atom. The Morgan fingerprint density at radius 1 is 1.00 bits per heavy atom. The SMILES string of the molecule is CCC(C)C(=O)N1CCC(CN2CCC(C(C)C)CC2)CC1. The fraction of sp³-hybridized carbons (Fsp3) is 0.947. The molecule has 0 aromatic heterocycles. The molecule has 0 aromatic rings. The van der Waals surface area contributed by atoms with Crippen LogP contribution in [0.2, 0.25) is 0 Å². The van der Waals surface area contributed by atoms with Crippen molar-refractivity contribution in [3.8, 4) is 0 Å². The lowest BCUT2D eigenvalue weighted by Gasteiger charge is -2.39. The van der Waals surface area contributed by atoms with E-state index in [0.717, 1.165) is 37.3 Å². The van der Waals surface area contributed by atoms with Gasteiger partial charge in [-0.3, -0.25) is 4.79 Å². The minimum Gasteiger partial charge on any atom is -0.342 e. The predicted molar refractivity (Wildman–Crippen MR) is 92.8 cm³/mol. The summed E-state index contributed by atoms with van der Waals surface area (Å²) in [5, 5.41) is 0. The van der Waals surface area contributed by atoms with Gasteiger partial charge in [0.25, 0.3) is 0 Å². The maximum absolute atomic E-state index is 12.2. The lowest BCUT2D eigenvalue weighted by molar-refractivity contribution is -0.136. The minimum absolute atomic E-state index is 0.201. The zero-order valence-corrected chi connectivity index (χ0v) is 15.2. The van der Waals surface area contributed by atoms with Crippen molar-refractivity contribution >= 4 is 5.91 Å². The summed E-state index contributed by atoms with van der Waals surface area (Å²) in [4.78, 5) is 17.0. The third-order valence-corrected chi connectivity index (χ3v) is 6.05. The smallest absolute Gasteiger partial charge is 0.225 e. The van der Waals surface area contributed by atoms with Crippen LogP contribution < -0.4 is 0 Å². The molecule has 0 spiro atoms. The number of likely N-dealkylation sites (tertiary alicyclic amines) is 2. The minimum atomic E-state index is 0.201. The lowest BCUT2D eigenvalue weighted by atomic mass is 9.86. The van der Waals surface area contributed by atoms with Gasteiger partial charge in [-0.1, -0.05) is 27.7 Å². The molecule has 3 nitrogen and oxygen atoms in total. The average Bonchev–Trinajstić information content (AvgIpc) is 2.54. The monoisotopic (exact) mass is 308 g/mol. The van der Waals surface area contributed by atoms with Crippen molar-refractivity contribution in [1.82, 2.24) is 9.80 Å². The van der Waals surface area contributed by atoms with Crippen LogP contribution in [-0.2, 0) is 4.79 Å². The molecule has 2 aliphatic heterocycles. The van der Waals surface area contributed by atoms with Crippen molar-refractivity contribution in [1.29, 1.82) is 0 Å². The van der Waals surface area contributed by atoms with Crippen molar-refractivity contribution in [3.05, 3.63) is 0 Å². The molecule has 2 aliphatic rings. The molecule has 0 N–H and O–H groups in total. The maximum atomic E-state index is 12.2. The molecular weight excluding hydrogens is 272 g/mol. The van der Waals surface area contributed by atoms with Crippen LogP contribution in [-0.4, -0.2) is 48.4 Å². The zero-order valence-electron chi connectivity index (χ0n) is 15.2. The lowest BCUT2D eigenvalue weighted by Crippen LogP contribution is -2.44. The molecule has 2 saturated heterocycles. The Morgan fingerprint density at radius 2 is 1.59 bits per heavy atom. The summed E-state index contributed by atoms with van der Waals surface area (Å²) >= 11 is 0. The molecule has 1 unspecified atom stereocenters. The first-order valence-corrected chi connectivity index (χ1v) is 9.52. The summed E-state index contributed by atoms with van der Waals surface area (Å²) in [6, 6.07) is 0. The normalized spacial score (nSPS) is 24.0. The Hall–Kier alpha value is -0.570. The summed E-state index contributed by atoms with van der Waals surface area (Å²) in [6.45, 7) is 14.7. The summed E-state index contributed by atoms with van der Waals surface area (Å²) in [7, 11) is 0. The van der Waals surface area contributed by atoms with E-state index in [1.165, 1.54) is 45.3 Å². The van der Waals surface area contributed by atoms with Crippen LogP contribution in [0.1, 0.15) is 59.8 Å². The predicted octanol–water partition coefficient (Wildman–Crippen LogP) is 3.64. The second kappa shape index (κ2) is 8.33. The number of piperidine rings is 2. The number of carbonyl (C=O) groups excluding carboxylic acids is 1. The van der Waals surface area contributed by atoms with Gasteiger partial charge in [0.05, 0.1) is 0 Å². The molecule has 0 aromatic carbocycles. The quantitative estimate of drug-likeness (QED) is 0.774. The summed E-state index contributed by atoms with van der Waals surface area (Å²) in [6.07, 6.45) is 6.12. The standard InChI is InChI=1S/C19H36N2O/c1-5-16(4)19(22)21-12-6-17(7-13-21)14-20-10-8-18(9-11-20)15(2)3/h15-18H,5-14H2,1-4H3. The zero-order chi connectivity index (χ0) is 16.1. The Balaban J connectivity index is 1.69. The molecule has 0 saturated carbocycles. The fourth-order valence-corrected chi connectivity index (χ4v) is 3.99. The van der Waals surface area contributed by atoms with Gasteiger partial charge in [0, 0.05) is 25.6 Å². The molecule has 0 aliphatic carbocycles. The second-order valence-corrected chi connectivity index (χ2v) is 7.96. The first-order chi connectivity index (χ1) is 10.5. The van der Waals surface area contributed by atoms with Crippen molar-refractivity contribution in [2.75, 3.05) is 32.7 Å². The van der Waals surface area contributed by atoms with Crippen LogP contribution >= 0.6 is 0 Å². The molecule has 0 bridgehead atoms. The Bertz CT molecular complexity index is 339. The second-order valence-electron chi connectivity index (χ2n) is 7.96. The van der Waals surface area contributed by atoms with Gasteiger partial charge in [0.1, 0.15) is 0 Å². The van der Waals surface area contributed by atoms with E-state index < -0.39 is 0 Å². The van der Waals surface area contributed by atoms with E-state index in [1.807, 2.05) is 0 Å². The van der Waals surface area contributed by atoms with Crippen LogP contribution in [0.5, 0.6) is 0 Å². The van der Waals surface area contributed by atoms with E-state index in [9.17, 15) is 4.79 Å². The van der Waals surface area contributed by atoms with Crippen molar-refractivity contribution < 1.29 is 4.79 Å². The summed E-state index contributed by atoms with van der Waals surface area (Å²) < 4.78 is 0. The third-order valence-electron chi connectivity index (χ3n) is 6.05. The van der Waals surface area contributed by atoms with E-state index in [0.29, 0.717) is 5.91 Å². The molecule has 1 atom stereocenters. The van der Waals surface area contributed by atoms with Crippen molar-refractivity contribution in [3.63, 3.8) is 0 Å². The van der Waals surface area contributed by atoms with E-state index >= 15 is 0 Å². The maximum Gasteiger partial charge on any atom is 0.225 e. The highest BCUT2D eigenvalue weighted by molar-refractivity contribution is 5.78. The molecule has 22 heavy (non-hydrogen) atoms. The molecule has 0 radical (unpaired) electrons. The van der Waals surface area contributed by atoms with Crippen molar-refractivity contribution in [2.45, 2.75) is 59.8 Å². The van der Waals surface area contributed by atoms with Crippen LogP contribution in [0, 0.1) is 23.7 Å². The van der Waals surface area contributed by atoms with Gasteiger partial charge in [-0.15, -0.1) is 0 Å². The first-order valence-electron chi connectivity index (χ1n) is 9.52. The average molecular weight is 309 g/mol. The number of hydrogen-bond acceptors (Lipinski definition) is 2. The van der Waals surface area contributed by atoms with Crippen LogP contribution in [0.25, 0.3) is 0 Å². The molecule has 2 fully saturated rings. The largest absolute Gasteiger partial charge is 0.342 e. The van der Waals surface area contributed by atoms with Crippen LogP contribution in [0.3, 0.4) is 0 Å². The third kappa shape index (κ3) is 4.71.